The molecule has 0 aliphatic carbocycles. The fourth-order valence-electron chi connectivity index (χ4n) is 1.66. The van der Waals surface area contributed by atoms with Crippen LogP contribution >= 0.6 is 11.6 Å². The summed E-state index contributed by atoms with van der Waals surface area (Å²) in [6.07, 6.45) is 2.20. The Hall–Kier alpha value is -2.21. The molecule has 1 N–H and O–H groups in total. The monoisotopic (exact) mass is 306 g/mol. The largest absolute Gasteiger partial charge is 0.462 e. The number of carbonyl (C=O) groups excluding carboxylic acids is 1. The lowest BCUT2D eigenvalue weighted by Crippen LogP contribution is -2.06. The SMILES string of the molecule is CCOC(=O)c1ccnc(Nc2cc(Cl)nc(CC)n2)c1. The molecule has 0 aliphatic rings. The molecule has 0 aromatic carbocycles. The van der Waals surface area contributed by atoms with Crippen molar-refractivity contribution in [2.24, 2.45) is 0 Å². The zero-order valence-corrected chi connectivity index (χ0v) is 12.5. The lowest BCUT2D eigenvalue weighted by molar-refractivity contribution is 0.0526. The fourth-order valence-corrected chi connectivity index (χ4v) is 1.86. The van der Waals surface area contributed by atoms with E-state index in [0.29, 0.717) is 41.2 Å². The van der Waals surface area contributed by atoms with Crippen molar-refractivity contribution in [2.45, 2.75) is 20.3 Å². The van der Waals surface area contributed by atoms with Crippen LogP contribution in [0.15, 0.2) is 24.4 Å². The van der Waals surface area contributed by atoms with Gasteiger partial charge in [0.1, 0.15) is 22.6 Å². The zero-order valence-electron chi connectivity index (χ0n) is 11.8. The highest BCUT2D eigenvalue weighted by atomic mass is 35.5. The molecule has 0 spiro atoms. The highest BCUT2D eigenvalue weighted by molar-refractivity contribution is 6.29. The number of carbonyl (C=O) groups is 1. The highest BCUT2D eigenvalue weighted by Crippen LogP contribution is 2.17. The Morgan fingerprint density at radius 2 is 2.10 bits per heavy atom. The summed E-state index contributed by atoms with van der Waals surface area (Å²) >= 11 is 5.93. The first-order chi connectivity index (χ1) is 10.1. The summed E-state index contributed by atoms with van der Waals surface area (Å²) in [5.74, 6) is 1.25. The van der Waals surface area contributed by atoms with Crippen molar-refractivity contribution in [1.29, 1.82) is 0 Å². The maximum Gasteiger partial charge on any atom is 0.338 e. The fraction of sp³-hybridized carbons (Fsp3) is 0.286. The van der Waals surface area contributed by atoms with Crippen molar-refractivity contribution in [3.63, 3.8) is 0 Å². The zero-order chi connectivity index (χ0) is 15.2. The predicted molar refractivity (Wildman–Crippen MR) is 79.9 cm³/mol. The molecular weight excluding hydrogens is 292 g/mol. The first-order valence-corrected chi connectivity index (χ1v) is 6.93. The van der Waals surface area contributed by atoms with Crippen molar-refractivity contribution >= 4 is 29.2 Å². The van der Waals surface area contributed by atoms with E-state index in [-0.39, 0.29) is 0 Å². The van der Waals surface area contributed by atoms with Gasteiger partial charge >= 0.3 is 5.97 Å². The number of rotatable bonds is 5. The van der Waals surface area contributed by atoms with E-state index < -0.39 is 5.97 Å². The highest BCUT2D eigenvalue weighted by Gasteiger charge is 2.09. The van der Waals surface area contributed by atoms with Crippen LogP contribution in [0.4, 0.5) is 11.6 Å². The molecule has 6 nitrogen and oxygen atoms in total. The Kier molecular flexibility index (Phi) is 5.05. The number of pyridine rings is 1. The topological polar surface area (TPSA) is 77.0 Å². The molecular formula is C14H15ClN4O2. The number of esters is 1. The quantitative estimate of drug-likeness (QED) is 0.676. The summed E-state index contributed by atoms with van der Waals surface area (Å²) in [7, 11) is 0. The number of anilines is 2. The number of aryl methyl sites for hydroxylation is 1. The molecule has 21 heavy (non-hydrogen) atoms. The third-order valence-corrected chi connectivity index (χ3v) is 2.78. The van der Waals surface area contributed by atoms with Gasteiger partial charge in [0.15, 0.2) is 0 Å². The van der Waals surface area contributed by atoms with Crippen LogP contribution in [-0.2, 0) is 11.2 Å². The van der Waals surface area contributed by atoms with Gasteiger partial charge in [-0.15, -0.1) is 0 Å². The Labute approximate surface area is 127 Å². The molecule has 0 radical (unpaired) electrons. The Bertz CT molecular complexity index is 649. The number of nitrogens with zero attached hydrogens (tertiary/aromatic N) is 3. The van der Waals surface area contributed by atoms with E-state index in [1.54, 1.807) is 25.1 Å². The summed E-state index contributed by atoms with van der Waals surface area (Å²) in [6.45, 7) is 4.02. The van der Waals surface area contributed by atoms with E-state index in [2.05, 4.69) is 20.3 Å². The van der Waals surface area contributed by atoms with Gasteiger partial charge in [-0.25, -0.2) is 19.7 Å². The second kappa shape index (κ2) is 6.99. The Balaban J connectivity index is 2.21. The lowest BCUT2D eigenvalue weighted by atomic mass is 10.2. The third-order valence-electron chi connectivity index (χ3n) is 2.58. The molecule has 0 fully saturated rings. The molecule has 0 amide bonds. The number of ether oxygens (including phenoxy) is 1. The minimum absolute atomic E-state index is 0.325. The van der Waals surface area contributed by atoms with Crippen molar-refractivity contribution in [3.05, 3.63) is 40.9 Å². The van der Waals surface area contributed by atoms with Crippen molar-refractivity contribution in [3.8, 4) is 0 Å². The van der Waals surface area contributed by atoms with Gasteiger partial charge in [-0.1, -0.05) is 18.5 Å². The summed E-state index contributed by atoms with van der Waals surface area (Å²) in [4.78, 5) is 24.2. The van der Waals surface area contributed by atoms with Gasteiger partial charge < -0.3 is 10.1 Å². The second-order valence-electron chi connectivity index (χ2n) is 4.12. The van der Waals surface area contributed by atoms with Crippen LogP contribution in [0.1, 0.15) is 30.0 Å². The second-order valence-corrected chi connectivity index (χ2v) is 4.51. The molecule has 2 aromatic heterocycles. The molecule has 0 bridgehead atoms. The van der Waals surface area contributed by atoms with Crippen LogP contribution in [0.2, 0.25) is 5.15 Å². The average Bonchev–Trinajstić information content (AvgIpc) is 2.47. The molecule has 2 heterocycles. The Morgan fingerprint density at radius 3 is 2.81 bits per heavy atom. The summed E-state index contributed by atoms with van der Waals surface area (Å²) in [6, 6.07) is 4.78. The van der Waals surface area contributed by atoms with E-state index in [1.165, 1.54) is 6.20 Å². The molecule has 2 aromatic rings. The molecule has 110 valence electrons. The number of hydrogen-bond acceptors (Lipinski definition) is 6. The number of halogens is 1. The van der Waals surface area contributed by atoms with Gasteiger partial charge in [0.05, 0.1) is 12.2 Å². The first kappa shape index (κ1) is 15.2. The first-order valence-electron chi connectivity index (χ1n) is 6.56. The number of aromatic nitrogens is 3. The third kappa shape index (κ3) is 4.13. The van der Waals surface area contributed by atoms with Crippen molar-refractivity contribution < 1.29 is 9.53 Å². The lowest BCUT2D eigenvalue weighted by Gasteiger charge is -2.08. The number of nitrogens with one attached hydrogen (secondary N) is 1. The Morgan fingerprint density at radius 1 is 1.29 bits per heavy atom. The molecule has 7 heteroatoms. The van der Waals surface area contributed by atoms with Crippen LogP contribution in [0.3, 0.4) is 0 Å². The van der Waals surface area contributed by atoms with E-state index in [0.717, 1.165) is 0 Å². The van der Waals surface area contributed by atoms with Crippen LogP contribution < -0.4 is 5.32 Å². The van der Waals surface area contributed by atoms with E-state index in [9.17, 15) is 4.79 Å². The maximum absolute atomic E-state index is 11.7. The standard InChI is InChI=1S/C14H15ClN4O2/c1-3-11-17-10(15)8-13(18-11)19-12-7-9(5-6-16-12)14(20)21-4-2/h5-8H,3-4H2,1-2H3,(H,16,17,18,19). The summed E-state index contributed by atoms with van der Waals surface area (Å²) in [5.41, 5.74) is 0.421. The predicted octanol–water partition coefficient (Wildman–Crippen LogP) is 3.01. The molecule has 0 unspecified atom stereocenters. The summed E-state index contributed by atoms with van der Waals surface area (Å²) in [5, 5.41) is 3.36. The van der Waals surface area contributed by atoms with E-state index >= 15 is 0 Å². The normalized spacial score (nSPS) is 10.2. The van der Waals surface area contributed by atoms with E-state index in [1.807, 2.05) is 6.92 Å². The smallest absolute Gasteiger partial charge is 0.338 e. The van der Waals surface area contributed by atoms with Gasteiger partial charge in [0, 0.05) is 18.7 Å². The minimum Gasteiger partial charge on any atom is -0.462 e. The molecule has 0 aliphatic heterocycles. The van der Waals surface area contributed by atoms with Gasteiger partial charge in [-0.2, -0.15) is 0 Å². The average molecular weight is 307 g/mol. The number of hydrogen-bond donors (Lipinski definition) is 1. The minimum atomic E-state index is -0.391. The van der Waals surface area contributed by atoms with Gasteiger partial charge in [0.2, 0.25) is 0 Å². The van der Waals surface area contributed by atoms with Crippen molar-refractivity contribution in [1.82, 2.24) is 15.0 Å². The van der Waals surface area contributed by atoms with E-state index in [4.69, 9.17) is 16.3 Å². The van der Waals surface area contributed by atoms with Crippen LogP contribution in [0, 0.1) is 0 Å². The van der Waals surface area contributed by atoms with Crippen molar-refractivity contribution in [2.75, 3.05) is 11.9 Å². The van der Waals surface area contributed by atoms with Crippen LogP contribution in [0.25, 0.3) is 0 Å². The van der Waals surface area contributed by atoms with Gasteiger partial charge in [-0.05, 0) is 19.1 Å². The molecule has 2 rings (SSSR count). The molecule has 0 atom stereocenters. The molecule has 0 saturated carbocycles. The van der Waals surface area contributed by atoms with Crippen LogP contribution in [-0.4, -0.2) is 27.5 Å². The van der Waals surface area contributed by atoms with Gasteiger partial charge in [-0.3, -0.25) is 0 Å². The summed E-state index contributed by atoms with van der Waals surface area (Å²) < 4.78 is 4.95. The molecule has 0 saturated heterocycles. The maximum atomic E-state index is 11.7. The van der Waals surface area contributed by atoms with Crippen LogP contribution in [0.5, 0.6) is 0 Å². The van der Waals surface area contributed by atoms with Gasteiger partial charge in [0.25, 0.3) is 0 Å².